The Hall–Kier alpha value is -0.160. The number of aliphatic hydroxyl groups is 3. The van der Waals surface area contributed by atoms with Gasteiger partial charge in [-0.2, -0.15) is 0 Å². The Labute approximate surface area is 61.3 Å². The van der Waals surface area contributed by atoms with Gasteiger partial charge in [0, 0.05) is 0 Å². The minimum absolute atomic E-state index is 0.365. The summed E-state index contributed by atoms with van der Waals surface area (Å²) in [6.07, 6.45) is 0.144. The van der Waals surface area contributed by atoms with Gasteiger partial charge in [-0.05, 0) is 13.0 Å². The van der Waals surface area contributed by atoms with Crippen LogP contribution in [-0.4, -0.2) is 41.2 Å². The second kappa shape index (κ2) is 11.6. The second-order valence-corrected chi connectivity index (χ2v) is 1.81. The quantitative estimate of drug-likeness (QED) is 0.403. The van der Waals surface area contributed by atoms with E-state index in [1.807, 2.05) is 0 Å². The zero-order valence-corrected chi connectivity index (χ0v) is 6.32. The topological polar surface area (TPSA) is 86.7 Å². The normalized spacial score (nSPS) is 9.00. The van der Waals surface area contributed by atoms with Crippen molar-refractivity contribution in [3.63, 3.8) is 0 Å². The number of rotatable bonds is 3. The highest BCUT2D eigenvalue weighted by Crippen LogP contribution is 1.71. The van der Waals surface area contributed by atoms with Crippen molar-refractivity contribution in [2.75, 3.05) is 19.8 Å². The first-order valence-electron chi connectivity index (χ1n) is 3.32. The highest BCUT2D eigenvalue weighted by molar-refractivity contribution is 4.43. The van der Waals surface area contributed by atoms with E-state index >= 15 is 0 Å². The summed E-state index contributed by atoms with van der Waals surface area (Å²) in [6, 6.07) is 0. The van der Waals surface area contributed by atoms with E-state index in [0.717, 1.165) is 13.0 Å². The molecule has 0 aliphatic rings. The lowest BCUT2D eigenvalue weighted by molar-refractivity contribution is 0.0450. The molecule has 0 radical (unpaired) electrons. The summed E-state index contributed by atoms with van der Waals surface area (Å²) >= 11 is 0. The molecule has 5 N–H and O–H groups in total. The monoisotopic (exact) mass is 151 g/mol. The molecule has 0 atom stereocenters. The third-order valence-electron chi connectivity index (χ3n) is 0.710. The summed E-state index contributed by atoms with van der Waals surface area (Å²) in [6.45, 7) is 2.15. The Balaban J connectivity index is 0. The maximum atomic E-state index is 8.17. The zero-order valence-electron chi connectivity index (χ0n) is 6.32. The van der Waals surface area contributed by atoms with Crippen LogP contribution < -0.4 is 5.73 Å². The van der Waals surface area contributed by atoms with Crippen molar-refractivity contribution in [2.24, 2.45) is 5.73 Å². The van der Waals surface area contributed by atoms with Crippen molar-refractivity contribution in [1.82, 2.24) is 0 Å². The van der Waals surface area contributed by atoms with Crippen molar-refractivity contribution in [2.45, 2.75) is 19.4 Å². The predicted molar refractivity (Wildman–Crippen MR) is 39.5 cm³/mol. The molecule has 4 heteroatoms. The maximum Gasteiger partial charge on any atom is 0.100 e. The van der Waals surface area contributed by atoms with E-state index in [9.17, 15) is 0 Å². The third kappa shape index (κ3) is 15.7. The van der Waals surface area contributed by atoms with Gasteiger partial charge in [0.1, 0.15) is 6.10 Å². The minimum atomic E-state index is -0.954. The molecule has 0 aromatic carbocycles. The molecule has 0 aromatic heterocycles. The molecule has 10 heavy (non-hydrogen) atoms. The summed E-state index contributed by atoms with van der Waals surface area (Å²) in [5, 5.41) is 24.0. The summed E-state index contributed by atoms with van der Waals surface area (Å²) in [4.78, 5) is 0. The van der Waals surface area contributed by atoms with Gasteiger partial charge in [0.15, 0.2) is 0 Å². The fraction of sp³-hybridized carbons (Fsp3) is 1.00. The van der Waals surface area contributed by atoms with Gasteiger partial charge in [-0.1, -0.05) is 6.92 Å². The molecule has 0 heterocycles. The van der Waals surface area contributed by atoms with E-state index in [1.165, 1.54) is 0 Å². The number of nitrogens with two attached hydrogens (primary N) is 1. The third-order valence-corrected chi connectivity index (χ3v) is 0.710. The number of hydrogen-bond acceptors (Lipinski definition) is 4. The van der Waals surface area contributed by atoms with Crippen LogP contribution in [-0.2, 0) is 0 Å². The van der Waals surface area contributed by atoms with Crippen molar-refractivity contribution in [3.8, 4) is 0 Å². The second-order valence-electron chi connectivity index (χ2n) is 1.81. The Morgan fingerprint density at radius 3 is 1.60 bits per heavy atom. The predicted octanol–water partition coefficient (Wildman–Crippen LogP) is -1.31. The van der Waals surface area contributed by atoms with Gasteiger partial charge in [0.25, 0.3) is 0 Å². The number of hydrogen-bond donors (Lipinski definition) is 4. The van der Waals surface area contributed by atoms with Gasteiger partial charge in [0.05, 0.1) is 13.2 Å². The fourth-order valence-electron chi connectivity index (χ4n) is 0.0577. The molecule has 0 bridgehead atoms. The van der Waals surface area contributed by atoms with E-state index in [1.54, 1.807) is 0 Å². The van der Waals surface area contributed by atoms with Crippen LogP contribution in [0.1, 0.15) is 13.3 Å². The van der Waals surface area contributed by atoms with Crippen LogP contribution in [0.4, 0.5) is 0 Å². The van der Waals surface area contributed by atoms with Crippen molar-refractivity contribution in [1.29, 1.82) is 0 Å². The van der Waals surface area contributed by atoms with Gasteiger partial charge < -0.3 is 21.1 Å². The van der Waals surface area contributed by atoms with E-state index in [0.29, 0.717) is 0 Å². The van der Waals surface area contributed by atoms with Crippen LogP contribution in [0.2, 0.25) is 0 Å². The first-order valence-corrected chi connectivity index (χ1v) is 3.32. The Morgan fingerprint density at radius 1 is 1.30 bits per heavy atom. The molecule has 0 saturated carbocycles. The highest BCUT2D eigenvalue weighted by Gasteiger charge is 1.93. The largest absolute Gasteiger partial charge is 0.394 e. The molecule has 0 spiro atoms. The smallest absolute Gasteiger partial charge is 0.100 e. The molecule has 0 aromatic rings. The molecule has 0 aliphatic heterocycles. The van der Waals surface area contributed by atoms with Gasteiger partial charge in [0.2, 0.25) is 0 Å². The van der Waals surface area contributed by atoms with E-state index in [2.05, 4.69) is 6.92 Å². The highest BCUT2D eigenvalue weighted by atomic mass is 16.3. The molecule has 0 saturated heterocycles. The molecule has 64 valence electrons. The van der Waals surface area contributed by atoms with E-state index in [-0.39, 0.29) is 13.2 Å². The summed E-state index contributed by atoms with van der Waals surface area (Å²) in [5.74, 6) is 0. The Kier molecular flexibility index (Phi) is 14.5. The lowest BCUT2D eigenvalue weighted by Crippen LogP contribution is -2.15. The SMILES string of the molecule is CCCN.OCC(O)CO. The summed E-state index contributed by atoms with van der Waals surface area (Å²) < 4.78 is 0. The standard InChI is InChI=1S/C3H9N.C3H8O3/c1-2-3-4;4-1-3(6)2-5/h2-4H2,1H3;3-6H,1-2H2. The first-order chi connectivity index (χ1) is 4.72. The van der Waals surface area contributed by atoms with Crippen molar-refractivity contribution < 1.29 is 15.3 Å². The van der Waals surface area contributed by atoms with Crippen LogP contribution in [0, 0.1) is 0 Å². The van der Waals surface area contributed by atoms with E-state index < -0.39 is 6.10 Å². The number of aliphatic hydroxyl groups excluding tert-OH is 3. The summed E-state index contributed by atoms with van der Waals surface area (Å²) in [7, 11) is 0. The molecular formula is C6H17NO3. The molecule has 0 aliphatic carbocycles. The Bertz CT molecular complexity index is 46.3. The van der Waals surface area contributed by atoms with Crippen molar-refractivity contribution >= 4 is 0 Å². The van der Waals surface area contributed by atoms with Crippen LogP contribution in [0.25, 0.3) is 0 Å². The van der Waals surface area contributed by atoms with E-state index in [4.69, 9.17) is 21.1 Å². The molecule has 0 rings (SSSR count). The van der Waals surface area contributed by atoms with Crippen LogP contribution >= 0.6 is 0 Å². The van der Waals surface area contributed by atoms with Gasteiger partial charge in [-0.15, -0.1) is 0 Å². The van der Waals surface area contributed by atoms with Crippen LogP contribution in [0.5, 0.6) is 0 Å². The lowest BCUT2D eigenvalue weighted by Gasteiger charge is -1.96. The Morgan fingerprint density at radius 2 is 1.60 bits per heavy atom. The van der Waals surface area contributed by atoms with Gasteiger partial charge >= 0.3 is 0 Å². The lowest BCUT2D eigenvalue weighted by atomic mass is 10.4. The average Bonchev–Trinajstić information content (AvgIpc) is 2.03. The van der Waals surface area contributed by atoms with Crippen LogP contribution in [0.3, 0.4) is 0 Å². The van der Waals surface area contributed by atoms with Crippen molar-refractivity contribution in [3.05, 3.63) is 0 Å². The first kappa shape index (κ1) is 12.5. The molecule has 0 unspecified atom stereocenters. The zero-order chi connectivity index (χ0) is 8.41. The molecule has 0 fully saturated rings. The molecule has 4 nitrogen and oxygen atoms in total. The minimum Gasteiger partial charge on any atom is -0.394 e. The fourth-order valence-corrected chi connectivity index (χ4v) is 0.0577. The molecular weight excluding hydrogens is 134 g/mol. The molecule has 0 amide bonds. The van der Waals surface area contributed by atoms with Crippen LogP contribution in [0.15, 0.2) is 0 Å². The van der Waals surface area contributed by atoms with Gasteiger partial charge in [-0.3, -0.25) is 0 Å². The average molecular weight is 151 g/mol. The van der Waals surface area contributed by atoms with Gasteiger partial charge in [-0.25, -0.2) is 0 Å². The summed E-state index contributed by atoms with van der Waals surface area (Å²) in [5.41, 5.74) is 5.03. The maximum absolute atomic E-state index is 8.17.